The Bertz CT molecular complexity index is 1310. The third-order valence-corrected chi connectivity index (χ3v) is 9.45. The monoisotopic (exact) mass is 502 g/mol. The molecule has 5 nitrogen and oxygen atoms in total. The summed E-state index contributed by atoms with van der Waals surface area (Å²) in [5.74, 6) is 0. The van der Waals surface area contributed by atoms with Crippen LogP contribution in [0.15, 0.2) is 70.7 Å². The number of anilines is 1. The van der Waals surface area contributed by atoms with Gasteiger partial charge in [-0.05, 0) is 69.7 Å². The Morgan fingerprint density at radius 2 is 1.85 bits per heavy atom. The number of hydrogen-bond donors (Lipinski definition) is 1. The molecular formula is C25H27ClN2O3S2. The summed E-state index contributed by atoms with van der Waals surface area (Å²) in [5, 5.41) is 17.3. The molecule has 1 aliphatic rings. The molecule has 1 atom stereocenters. The summed E-state index contributed by atoms with van der Waals surface area (Å²) in [7, 11) is -3.35. The molecule has 1 unspecified atom stereocenters. The lowest BCUT2D eigenvalue weighted by Crippen LogP contribution is -2.30. The smallest absolute Gasteiger partial charge is 0.180 e. The van der Waals surface area contributed by atoms with E-state index < -0.39 is 20.7 Å². The average molecular weight is 503 g/mol. The van der Waals surface area contributed by atoms with E-state index in [0.29, 0.717) is 22.1 Å². The topological polar surface area (TPSA) is 70.0 Å². The van der Waals surface area contributed by atoms with Crippen LogP contribution in [0.5, 0.6) is 0 Å². The van der Waals surface area contributed by atoms with E-state index in [4.69, 9.17) is 16.7 Å². The molecule has 0 aliphatic carbocycles. The van der Waals surface area contributed by atoms with E-state index in [-0.39, 0.29) is 6.04 Å². The van der Waals surface area contributed by atoms with Crippen molar-refractivity contribution >= 4 is 44.2 Å². The molecule has 2 heterocycles. The first kappa shape index (κ1) is 24.0. The third-order valence-electron chi connectivity index (χ3n) is 5.74. The van der Waals surface area contributed by atoms with Crippen molar-refractivity contribution < 1.29 is 13.5 Å². The van der Waals surface area contributed by atoms with Gasteiger partial charge in [0, 0.05) is 16.2 Å². The molecule has 1 aliphatic heterocycles. The molecule has 174 valence electrons. The highest BCUT2D eigenvalue weighted by molar-refractivity contribution is 7.92. The number of benzene rings is 2. The minimum Gasteiger partial charge on any atom is -0.384 e. The SMILES string of the molecule is CC(C)S(=O)(=O)c1cccc(-c2ccc(C3CC(C(C)(C)O)=NN3c3ccccc3Cl)s2)c1. The summed E-state index contributed by atoms with van der Waals surface area (Å²) in [4.78, 5) is 2.36. The highest BCUT2D eigenvalue weighted by atomic mass is 35.5. The summed E-state index contributed by atoms with van der Waals surface area (Å²) in [6.07, 6.45) is 0.566. The molecule has 1 aromatic heterocycles. The second kappa shape index (κ2) is 8.87. The molecule has 0 spiro atoms. The second-order valence-corrected chi connectivity index (χ2v) is 13.0. The van der Waals surface area contributed by atoms with Crippen LogP contribution in [0.2, 0.25) is 5.02 Å². The van der Waals surface area contributed by atoms with Crippen LogP contribution in [0.1, 0.15) is 45.0 Å². The molecule has 0 saturated carbocycles. The fourth-order valence-corrected chi connectivity index (χ4v) is 6.16. The van der Waals surface area contributed by atoms with Gasteiger partial charge in [0.2, 0.25) is 0 Å². The van der Waals surface area contributed by atoms with E-state index in [0.717, 1.165) is 21.0 Å². The number of hydrazone groups is 1. The van der Waals surface area contributed by atoms with Gasteiger partial charge in [0.05, 0.1) is 38.2 Å². The van der Waals surface area contributed by atoms with E-state index in [1.165, 1.54) is 0 Å². The van der Waals surface area contributed by atoms with Gasteiger partial charge in [0.1, 0.15) is 0 Å². The predicted molar refractivity (Wildman–Crippen MR) is 137 cm³/mol. The highest BCUT2D eigenvalue weighted by Crippen LogP contribution is 2.43. The maximum atomic E-state index is 12.6. The second-order valence-electron chi connectivity index (χ2n) is 8.95. The molecular weight excluding hydrogens is 476 g/mol. The van der Waals surface area contributed by atoms with E-state index in [1.54, 1.807) is 57.2 Å². The van der Waals surface area contributed by atoms with Gasteiger partial charge in [-0.15, -0.1) is 11.3 Å². The van der Waals surface area contributed by atoms with Crippen molar-refractivity contribution in [1.29, 1.82) is 0 Å². The molecule has 1 N–H and O–H groups in total. The number of halogens is 1. The van der Waals surface area contributed by atoms with Crippen LogP contribution < -0.4 is 5.01 Å². The maximum Gasteiger partial charge on any atom is 0.180 e. The molecule has 4 rings (SSSR count). The number of hydrogen-bond acceptors (Lipinski definition) is 6. The Labute approximate surface area is 204 Å². The van der Waals surface area contributed by atoms with E-state index in [9.17, 15) is 13.5 Å². The van der Waals surface area contributed by atoms with E-state index in [2.05, 4.69) is 0 Å². The molecule has 0 amide bonds. The van der Waals surface area contributed by atoms with Gasteiger partial charge < -0.3 is 5.11 Å². The van der Waals surface area contributed by atoms with Crippen molar-refractivity contribution in [2.24, 2.45) is 5.10 Å². The highest BCUT2D eigenvalue weighted by Gasteiger charge is 2.37. The molecule has 0 saturated heterocycles. The first-order valence-electron chi connectivity index (χ1n) is 10.8. The van der Waals surface area contributed by atoms with Crippen LogP contribution in [0.25, 0.3) is 10.4 Å². The number of aliphatic hydroxyl groups is 1. The summed E-state index contributed by atoms with van der Waals surface area (Å²) in [6.45, 7) is 6.85. The van der Waals surface area contributed by atoms with Gasteiger partial charge in [-0.2, -0.15) is 5.10 Å². The molecule has 33 heavy (non-hydrogen) atoms. The van der Waals surface area contributed by atoms with Crippen LogP contribution in [0, 0.1) is 0 Å². The van der Waals surface area contributed by atoms with Crippen molar-refractivity contribution in [3.8, 4) is 10.4 Å². The zero-order chi connectivity index (χ0) is 24.0. The number of sulfone groups is 1. The van der Waals surface area contributed by atoms with Gasteiger partial charge in [-0.25, -0.2) is 8.42 Å². The third kappa shape index (κ3) is 4.73. The molecule has 2 aromatic carbocycles. The Morgan fingerprint density at radius 3 is 2.52 bits per heavy atom. The van der Waals surface area contributed by atoms with Crippen molar-refractivity contribution in [1.82, 2.24) is 0 Å². The summed E-state index contributed by atoms with van der Waals surface area (Å²) in [6, 6.07) is 18.6. The van der Waals surface area contributed by atoms with Crippen LogP contribution in [0.4, 0.5) is 5.69 Å². The molecule has 0 radical (unpaired) electrons. The van der Waals surface area contributed by atoms with Crippen molar-refractivity contribution in [3.05, 3.63) is 70.6 Å². The Kier molecular flexibility index (Phi) is 6.44. The molecule has 0 fully saturated rings. The predicted octanol–water partition coefficient (Wildman–Crippen LogP) is 6.33. The zero-order valence-electron chi connectivity index (χ0n) is 19.0. The average Bonchev–Trinajstić information content (AvgIpc) is 3.41. The number of rotatable bonds is 6. The van der Waals surface area contributed by atoms with Gasteiger partial charge >= 0.3 is 0 Å². The lowest BCUT2D eigenvalue weighted by Gasteiger charge is -2.23. The van der Waals surface area contributed by atoms with Gasteiger partial charge in [-0.1, -0.05) is 35.9 Å². The van der Waals surface area contributed by atoms with Gasteiger partial charge in [0.15, 0.2) is 9.84 Å². The molecule has 0 bridgehead atoms. The Balaban J connectivity index is 1.71. The molecule has 3 aromatic rings. The minimum atomic E-state index is -3.35. The van der Waals surface area contributed by atoms with Gasteiger partial charge in [0.25, 0.3) is 0 Å². The lowest BCUT2D eigenvalue weighted by molar-refractivity contribution is 0.152. The lowest BCUT2D eigenvalue weighted by atomic mass is 9.97. The fourth-order valence-electron chi connectivity index (χ4n) is 3.75. The number of thiophene rings is 1. The number of para-hydroxylation sites is 1. The van der Waals surface area contributed by atoms with Crippen LogP contribution >= 0.6 is 22.9 Å². The quantitative estimate of drug-likeness (QED) is 0.427. The Morgan fingerprint density at radius 1 is 1.12 bits per heavy atom. The van der Waals surface area contributed by atoms with Gasteiger partial charge in [-0.3, -0.25) is 5.01 Å². The normalized spacial score (nSPS) is 17.0. The maximum absolute atomic E-state index is 12.6. The van der Waals surface area contributed by atoms with Crippen LogP contribution in [-0.4, -0.2) is 30.1 Å². The largest absolute Gasteiger partial charge is 0.384 e. The number of nitrogens with zero attached hydrogens (tertiary/aromatic N) is 2. The first-order valence-corrected chi connectivity index (χ1v) is 13.5. The van der Waals surface area contributed by atoms with E-state index >= 15 is 0 Å². The Hall–Kier alpha value is -2.19. The van der Waals surface area contributed by atoms with Crippen molar-refractivity contribution in [2.75, 3.05) is 5.01 Å². The van der Waals surface area contributed by atoms with Crippen molar-refractivity contribution in [2.45, 2.75) is 55.9 Å². The summed E-state index contributed by atoms with van der Waals surface area (Å²) >= 11 is 8.07. The summed E-state index contributed by atoms with van der Waals surface area (Å²) < 4.78 is 25.3. The summed E-state index contributed by atoms with van der Waals surface area (Å²) in [5.41, 5.74) is 1.28. The van der Waals surface area contributed by atoms with Crippen LogP contribution in [0.3, 0.4) is 0 Å². The van der Waals surface area contributed by atoms with Crippen LogP contribution in [-0.2, 0) is 9.84 Å². The fraction of sp³-hybridized carbons (Fsp3) is 0.320. The minimum absolute atomic E-state index is 0.118. The first-order chi connectivity index (χ1) is 15.5. The van der Waals surface area contributed by atoms with E-state index in [1.807, 2.05) is 47.5 Å². The molecule has 8 heteroatoms. The van der Waals surface area contributed by atoms with Crippen molar-refractivity contribution in [3.63, 3.8) is 0 Å². The standard InChI is InChI=1S/C25H27ClN2O3S2/c1-16(2)33(30,31)18-9-7-8-17(14-18)22-12-13-23(32-22)21-15-24(25(3,4)29)27-28(21)20-11-6-5-10-19(20)26/h5-14,16,21,29H,15H2,1-4H3. The zero-order valence-corrected chi connectivity index (χ0v) is 21.4.